The topological polar surface area (TPSA) is 116 Å². The van der Waals surface area contributed by atoms with Crippen LogP contribution in [-0.2, 0) is 47.5 Å². The van der Waals surface area contributed by atoms with Crippen molar-refractivity contribution in [2.75, 3.05) is 20.3 Å². The van der Waals surface area contributed by atoms with Gasteiger partial charge in [0.1, 0.15) is 12.2 Å². The van der Waals surface area contributed by atoms with Gasteiger partial charge in [0.2, 0.25) is 0 Å². The third kappa shape index (κ3) is 5.95. The molecule has 0 aliphatic carbocycles. The molecule has 2 saturated heterocycles. The Kier molecular flexibility index (Phi) is 8.73. The molecule has 10 nitrogen and oxygen atoms in total. The van der Waals surface area contributed by atoms with E-state index in [2.05, 4.69) is 0 Å². The summed E-state index contributed by atoms with van der Waals surface area (Å²) in [4.78, 5) is 38.7. The van der Waals surface area contributed by atoms with Crippen molar-refractivity contribution < 1.29 is 47.5 Å². The number of rotatable bonds is 4. The van der Waals surface area contributed by atoms with Gasteiger partial charge in [-0.3, -0.25) is 14.4 Å². The lowest BCUT2D eigenvalue weighted by atomic mass is 9.95. The summed E-state index contributed by atoms with van der Waals surface area (Å²) >= 11 is 0. The van der Waals surface area contributed by atoms with Gasteiger partial charge >= 0.3 is 17.9 Å². The molecule has 0 spiro atoms. The first-order valence-electron chi connectivity index (χ1n) is 12.1. The van der Waals surface area contributed by atoms with Crippen LogP contribution in [0.1, 0.15) is 45.0 Å². The summed E-state index contributed by atoms with van der Waals surface area (Å²) in [6.45, 7) is 3.72. The average Bonchev–Trinajstić information content (AvgIpc) is 2.88. The minimum Gasteiger partial charge on any atom is -0.465 e. The van der Waals surface area contributed by atoms with E-state index in [4.69, 9.17) is 33.2 Å². The second kappa shape index (κ2) is 12.0. The Morgan fingerprint density at radius 2 is 1.83 bits per heavy atom. The fourth-order valence-corrected chi connectivity index (χ4v) is 4.55. The maximum absolute atomic E-state index is 13.3. The van der Waals surface area contributed by atoms with Gasteiger partial charge in [0, 0.05) is 19.1 Å². The van der Waals surface area contributed by atoms with E-state index in [9.17, 15) is 14.4 Å². The molecule has 1 unspecified atom stereocenters. The predicted molar refractivity (Wildman–Crippen MR) is 123 cm³/mol. The Morgan fingerprint density at radius 3 is 2.56 bits per heavy atom. The summed E-state index contributed by atoms with van der Waals surface area (Å²) in [5.74, 6) is -3.16. The molecule has 7 atom stereocenters. The van der Waals surface area contributed by atoms with Gasteiger partial charge in [-0.15, -0.1) is 0 Å². The van der Waals surface area contributed by atoms with Crippen molar-refractivity contribution in [3.8, 4) is 0 Å². The van der Waals surface area contributed by atoms with E-state index >= 15 is 0 Å². The van der Waals surface area contributed by atoms with Crippen LogP contribution < -0.4 is 0 Å². The zero-order chi connectivity index (χ0) is 25.7. The van der Waals surface area contributed by atoms with Crippen LogP contribution in [0, 0.1) is 5.92 Å². The van der Waals surface area contributed by atoms with Crippen molar-refractivity contribution in [1.82, 2.24) is 0 Å². The molecular formula is C26H32O10. The minimum absolute atomic E-state index is 0.104. The molecule has 2 fully saturated rings. The lowest BCUT2D eigenvalue weighted by Crippen LogP contribution is -2.64. The summed E-state index contributed by atoms with van der Waals surface area (Å²) in [6, 6.07) is 9.31. The number of hydrogen-bond acceptors (Lipinski definition) is 10. The number of ether oxygens (including phenoxy) is 7. The van der Waals surface area contributed by atoms with Crippen molar-refractivity contribution in [2.45, 2.75) is 70.1 Å². The number of fused-ring (bicyclic) bond motifs is 3. The zero-order valence-electron chi connectivity index (χ0n) is 20.6. The van der Waals surface area contributed by atoms with Gasteiger partial charge in [0.15, 0.2) is 30.7 Å². The van der Waals surface area contributed by atoms with Gasteiger partial charge in [0.05, 0.1) is 13.2 Å². The number of allylic oxidation sites excluding steroid dienone is 2. The Labute approximate surface area is 209 Å². The molecule has 0 radical (unpaired) electrons. The van der Waals surface area contributed by atoms with Crippen LogP contribution in [0.4, 0.5) is 0 Å². The Balaban J connectivity index is 1.65. The van der Waals surface area contributed by atoms with Gasteiger partial charge in [-0.1, -0.05) is 42.0 Å². The lowest BCUT2D eigenvalue weighted by molar-refractivity contribution is -0.359. The quantitative estimate of drug-likeness (QED) is 0.262. The molecule has 10 heteroatoms. The zero-order valence-corrected chi connectivity index (χ0v) is 20.6. The van der Waals surface area contributed by atoms with Crippen molar-refractivity contribution in [1.29, 1.82) is 0 Å². The molecule has 36 heavy (non-hydrogen) atoms. The first-order chi connectivity index (χ1) is 17.4. The molecule has 0 amide bonds. The molecule has 0 aromatic heterocycles. The summed E-state index contributed by atoms with van der Waals surface area (Å²) in [5, 5.41) is 0. The highest BCUT2D eigenvalue weighted by Gasteiger charge is 2.54. The molecular weight excluding hydrogens is 472 g/mol. The van der Waals surface area contributed by atoms with Gasteiger partial charge in [0.25, 0.3) is 0 Å². The maximum Gasteiger partial charge on any atom is 0.321 e. The van der Waals surface area contributed by atoms with Gasteiger partial charge in [-0.25, -0.2) is 0 Å². The Bertz CT molecular complexity index is 961. The smallest absolute Gasteiger partial charge is 0.321 e. The summed E-state index contributed by atoms with van der Waals surface area (Å²) in [7, 11) is 1.39. The molecule has 3 heterocycles. The van der Waals surface area contributed by atoms with E-state index in [1.54, 1.807) is 19.9 Å². The van der Waals surface area contributed by atoms with E-state index in [0.717, 1.165) is 11.1 Å². The SMILES string of the molecule is CCOC(=O)[C@H]1CC(C)=CCCC(=O)O[C@@H]2[C@H](OC1=O)[C@@H](OC)O[C@@H]1COC(c3ccccc3)O[C@@H]21. The molecule has 4 rings (SSSR count). The highest BCUT2D eigenvalue weighted by molar-refractivity contribution is 5.95. The van der Waals surface area contributed by atoms with Crippen LogP contribution in [0.25, 0.3) is 0 Å². The normalized spacial score (nSPS) is 33.4. The van der Waals surface area contributed by atoms with Gasteiger partial charge < -0.3 is 33.2 Å². The maximum atomic E-state index is 13.3. The Hall–Kier alpha value is -2.79. The first-order valence-corrected chi connectivity index (χ1v) is 12.1. The number of esters is 3. The highest BCUT2D eigenvalue weighted by atomic mass is 16.8. The van der Waals surface area contributed by atoms with Crippen LogP contribution in [0.3, 0.4) is 0 Å². The fraction of sp³-hybridized carbons (Fsp3) is 0.577. The summed E-state index contributed by atoms with van der Waals surface area (Å²) in [6.07, 6.45) is -3.07. The number of methoxy groups -OCH3 is 1. The summed E-state index contributed by atoms with van der Waals surface area (Å²) < 4.78 is 40.3. The average molecular weight is 505 g/mol. The number of hydrogen-bond donors (Lipinski definition) is 0. The first kappa shape index (κ1) is 26.3. The second-order valence-electron chi connectivity index (χ2n) is 8.91. The molecule has 3 aliphatic rings. The molecule has 1 aromatic rings. The van der Waals surface area contributed by atoms with Crippen LogP contribution in [-0.4, -0.2) is 68.9 Å². The predicted octanol–water partition coefficient (Wildman–Crippen LogP) is 2.61. The summed E-state index contributed by atoms with van der Waals surface area (Å²) in [5.41, 5.74) is 1.54. The molecule has 0 saturated carbocycles. The second-order valence-corrected chi connectivity index (χ2v) is 8.91. The van der Waals surface area contributed by atoms with E-state index in [1.807, 2.05) is 30.3 Å². The number of carbonyl (C=O) groups is 3. The van der Waals surface area contributed by atoms with E-state index in [-0.39, 0.29) is 26.1 Å². The standard InChI is InChI=1S/C26H32O10/c1-4-31-23(28)17-13-15(2)9-8-12-19(27)34-21-20-18(33-26(30-3)22(21)35-24(17)29)14-32-25(36-20)16-10-6-5-7-11-16/h5-7,9-11,17-18,20-22,25-26H,4,8,12-14H2,1-3H3/t17-,18-,20-,21+,22+,25?,26+/m1/s1. The third-order valence-electron chi connectivity index (χ3n) is 6.33. The molecule has 3 aliphatic heterocycles. The van der Waals surface area contributed by atoms with E-state index < -0.39 is 60.8 Å². The molecule has 196 valence electrons. The van der Waals surface area contributed by atoms with E-state index in [1.165, 1.54) is 7.11 Å². The fourth-order valence-electron chi connectivity index (χ4n) is 4.55. The molecule has 0 N–H and O–H groups in total. The van der Waals surface area contributed by atoms with Gasteiger partial charge in [-0.2, -0.15) is 0 Å². The number of benzene rings is 1. The van der Waals surface area contributed by atoms with Gasteiger partial charge in [-0.05, 0) is 26.7 Å². The molecule has 0 bridgehead atoms. The van der Waals surface area contributed by atoms with Crippen LogP contribution in [0.5, 0.6) is 0 Å². The lowest BCUT2D eigenvalue weighted by Gasteiger charge is -2.48. The van der Waals surface area contributed by atoms with Crippen LogP contribution >= 0.6 is 0 Å². The van der Waals surface area contributed by atoms with Crippen LogP contribution in [0.15, 0.2) is 42.0 Å². The molecule has 1 aromatic carbocycles. The minimum atomic E-state index is -1.18. The van der Waals surface area contributed by atoms with Crippen molar-refractivity contribution >= 4 is 17.9 Å². The third-order valence-corrected chi connectivity index (χ3v) is 6.33. The van der Waals surface area contributed by atoms with Crippen LogP contribution in [0.2, 0.25) is 0 Å². The highest BCUT2D eigenvalue weighted by Crippen LogP contribution is 2.37. The Morgan fingerprint density at radius 1 is 1.06 bits per heavy atom. The van der Waals surface area contributed by atoms with Crippen molar-refractivity contribution in [3.05, 3.63) is 47.5 Å². The van der Waals surface area contributed by atoms with Crippen molar-refractivity contribution in [2.24, 2.45) is 5.92 Å². The van der Waals surface area contributed by atoms with E-state index in [0.29, 0.717) is 6.42 Å². The number of carbonyl (C=O) groups excluding carboxylic acids is 3. The largest absolute Gasteiger partial charge is 0.465 e. The van der Waals surface area contributed by atoms with Crippen molar-refractivity contribution in [3.63, 3.8) is 0 Å². The monoisotopic (exact) mass is 504 g/mol.